The van der Waals surface area contributed by atoms with Gasteiger partial charge in [0, 0.05) is 13.0 Å². The molecular weight excluding hydrogens is 378 g/mol. The summed E-state index contributed by atoms with van der Waals surface area (Å²) in [7, 11) is 0. The van der Waals surface area contributed by atoms with Crippen molar-refractivity contribution in [2.75, 3.05) is 5.32 Å². The molecular formula is C13H12ClN3O5S2. The molecule has 128 valence electrons. The van der Waals surface area contributed by atoms with E-state index in [0.717, 1.165) is 6.26 Å². The second-order valence-corrected chi connectivity index (χ2v) is 7.31. The van der Waals surface area contributed by atoms with Crippen molar-refractivity contribution >= 4 is 51.7 Å². The van der Waals surface area contributed by atoms with Crippen LogP contribution in [0.2, 0.25) is 0 Å². The van der Waals surface area contributed by atoms with Gasteiger partial charge in [0.1, 0.15) is 17.4 Å². The second-order valence-electron chi connectivity index (χ2n) is 4.45. The van der Waals surface area contributed by atoms with Crippen LogP contribution in [0.15, 0.2) is 25.9 Å². The maximum atomic E-state index is 11.9. The lowest BCUT2D eigenvalue weighted by molar-refractivity contribution is -0.133. The zero-order chi connectivity index (χ0) is 17.7. The van der Waals surface area contributed by atoms with Crippen molar-refractivity contribution in [3.8, 4) is 5.75 Å². The van der Waals surface area contributed by atoms with Crippen molar-refractivity contribution in [3.05, 3.63) is 28.3 Å². The topological polar surface area (TPSA) is 111 Å². The predicted molar refractivity (Wildman–Crippen MR) is 89.7 cm³/mol. The largest absolute Gasteiger partial charge is 0.464 e. The molecule has 0 aliphatic heterocycles. The van der Waals surface area contributed by atoms with E-state index in [-0.39, 0.29) is 11.7 Å². The molecule has 24 heavy (non-hydrogen) atoms. The molecule has 0 aliphatic carbocycles. The van der Waals surface area contributed by atoms with E-state index in [2.05, 4.69) is 15.5 Å². The van der Waals surface area contributed by atoms with Gasteiger partial charge in [-0.3, -0.25) is 14.4 Å². The number of rotatable bonds is 6. The Morgan fingerprint density at radius 2 is 2.25 bits per heavy atom. The third-order valence-corrected chi connectivity index (χ3v) is 4.59. The summed E-state index contributed by atoms with van der Waals surface area (Å²) in [6, 6.07) is 1.23. The second kappa shape index (κ2) is 8.27. The van der Waals surface area contributed by atoms with E-state index in [4.69, 9.17) is 20.8 Å². The number of anilines is 1. The lowest BCUT2D eigenvalue weighted by atomic mass is 10.4. The van der Waals surface area contributed by atoms with Gasteiger partial charge in [-0.1, -0.05) is 23.1 Å². The van der Waals surface area contributed by atoms with Gasteiger partial charge in [-0.15, -0.1) is 21.8 Å². The molecule has 1 amide bonds. The molecule has 0 fully saturated rings. The van der Waals surface area contributed by atoms with Crippen molar-refractivity contribution in [3.63, 3.8) is 0 Å². The summed E-state index contributed by atoms with van der Waals surface area (Å²) in [5, 5.41) is 9.75. The Morgan fingerprint density at radius 3 is 2.88 bits per heavy atom. The van der Waals surface area contributed by atoms with Gasteiger partial charge < -0.3 is 14.5 Å². The molecule has 2 aromatic heterocycles. The van der Waals surface area contributed by atoms with E-state index in [1.165, 1.54) is 43.0 Å². The first kappa shape index (κ1) is 18.4. The molecule has 0 unspecified atom stereocenters. The van der Waals surface area contributed by atoms with Crippen molar-refractivity contribution in [1.82, 2.24) is 10.2 Å². The molecule has 1 atom stereocenters. The van der Waals surface area contributed by atoms with Gasteiger partial charge in [0.15, 0.2) is 4.34 Å². The molecule has 0 aliphatic rings. The average molecular weight is 390 g/mol. The van der Waals surface area contributed by atoms with E-state index in [0.29, 0.717) is 21.0 Å². The predicted octanol–water partition coefficient (Wildman–Crippen LogP) is 2.27. The van der Waals surface area contributed by atoms with Gasteiger partial charge in [-0.05, 0) is 6.92 Å². The minimum Gasteiger partial charge on any atom is -0.464 e. The Balaban J connectivity index is 1.97. The van der Waals surface area contributed by atoms with Gasteiger partial charge in [-0.2, -0.15) is 0 Å². The van der Waals surface area contributed by atoms with E-state index in [9.17, 15) is 14.4 Å². The van der Waals surface area contributed by atoms with Gasteiger partial charge in [0.05, 0.1) is 5.75 Å². The number of carbonyl (C=O) groups is 2. The molecule has 0 spiro atoms. The fourth-order valence-corrected chi connectivity index (χ4v) is 3.11. The minimum atomic E-state index is -0.866. The zero-order valence-corrected chi connectivity index (χ0v) is 15.0. The Hall–Kier alpha value is -1.91. The molecule has 0 aromatic carbocycles. The standard InChI is InChI=1S/C13H12ClN3O5S2/c1-6(14)11(20)22-10-4-21-8(3-9(10)19)5-23-13-17-16-12(24-13)15-7(2)18/h3-4,6H,5H2,1-2H3,(H,15,16,18)/t6-/m0/s1. The molecule has 2 aromatic rings. The summed E-state index contributed by atoms with van der Waals surface area (Å²) in [6.45, 7) is 2.82. The number of carbonyl (C=O) groups excluding carboxylic acids is 2. The van der Waals surface area contributed by atoms with Gasteiger partial charge in [0.2, 0.25) is 22.2 Å². The fourth-order valence-electron chi connectivity index (χ4n) is 1.38. The number of halogens is 1. The number of nitrogens with one attached hydrogen (secondary N) is 1. The normalized spacial score (nSPS) is 11.8. The number of hydrogen-bond donors (Lipinski definition) is 1. The number of thioether (sulfide) groups is 1. The average Bonchev–Trinajstić information content (AvgIpc) is 2.94. The van der Waals surface area contributed by atoms with Crippen LogP contribution in [-0.4, -0.2) is 27.5 Å². The first-order chi connectivity index (χ1) is 11.3. The highest BCUT2D eigenvalue weighted by Crippen LogP contribution is 2.28. The molecule has 11 heteroatoms. The summed E-state index contributed by atoms with van der Waals surface area (Å²) in [4.78, 5) is 34.1. The Kier molecular flexibility index (Phi) is 6.35. The Labute approximate surface area is 149 Å². The molecule has 0 saturated heterocycles. The van der Waals surface area contributed by atoms with Crippen LogP contribution in [0.1, 0.15) is 19.6 Å². The smallest absolute Gasteiger partial charge is 0.329 e. The zero-order valence-electron chi connectivity index (χ0n) is 12.6. The van der Waals surface area contributed by atoms with Gasteiger partial charge >= 0.3 is 5.97 Å². The molecule has 2 rings (SSSR count). The Morgan fingerprint density at radius 1 is 1.50 bits per heavy atom. The number of ether oxygens (including phenoxy) is 1. The third-order valence-electron chi connectivity index (χ3n) is 2.41. The lowest BCUT2D eigenvalue weighted by Crippen LogP contribution is -2.21. The number of esters is 1. The van der Waals surface area contributed by atoms with Crippen LogP contribution in [0.4, 0.5) is 5.13 Å². The molecule has 8 nitrogen and oxygen atoms in total. The number of hydrogen-bond acceptors (Lipinski definition) is 9. The fraction of sp³-hybridized carbons (Fsp3) is 0.308. The molecule has 2 heterocycles. The van der Waals surface area contributed by atoms with Crippen molar-refractivity contribution in [1.29, 1.82) is 0 Å². The van der Waals surface area contributed by atoms with E-state index >= 15 is 0 Å². The maximum absolute atomic E-state index is 11.9. The minimum absolute atomic E-state index is 0.217. The van der Waals surface area contributed by atoms with Crippen LogP contribution >= 0.6 is 34.7 Å². The number of aromatic nitrogens is 2. The molecule has 0 saturated carbocycles. The van der Waals surface area contributed by atoms with E-state index < -0.39 is 16.8 Å². The van der Waals surface area contributed by atoms with Crippen LogP contribution in [0.5, 0.6) is 5.75 Å². The lowest BCUT2D eigenvalue weighted by Gasteiger charge is -2.04. The number of nitrogens with zero attached hydrogens (tertiary/aromatic N) is 2. The van der Waals surface area contributed by atoms with Gasteiger partial charge in [0.25, 0.3) is 0 Å². The maximum Gasteiger partial charge on any atom is 0.329 e. The highest BCUT2D eigenvalue weighted by atomic mass is 35.5. The summed E-state index contributed by atoms with van der Waals surface area (Å²) in [6.07, 6.45) is 1.07. The monoisotopic (exact) mass is 389 g/mol. The number of amides is 1. The number of alkyl halides is 1. The van der Waals surface area contributed by atoms with E-state index in [1.807, 2.05) is 0 Å². The third kappa shape index (κ3) is 5.32. The van der Waals surface area contributed by atoms with Crippen LogP contribution in [0.25, 0.3) is 0 Å². The SMILES string of the molecule is CC(=O)Nc1nnc(SCc2cc(=O)c(OC(=O)[C@H](C)Cl)co2)s1. The molecule has 1 N–H and O–H groups in total. The van der Waals surface area contributed by atoms with Crippen molar-refractivity contribution in [2.24, 2.45) is 0 Å². The highest BCUT2D eigenvalue weighted by Gasteiger charge is 2.15. The van der Waals surface area contributed by atoms with E-state index in [1.54, 1.807) is 0 Å². The highest BCUT2D eigenvalue weighted by molar-refractivity contribution is 8.00. The van der Waals surface area contributed by atoms with Crippen LogP contribution in [0.3, 0.4) is 0 Å². The molecule has 0 radical (unpaired) electrons. The quantitative estimate of drug-likeness (QED) is 0.346. The summed E-state index contributed by atoms with van der Waals surface area (Å²) in [5.74, 6) is -0.481. The first-order valence-electron chi connectivity index (χ1n) is 6.56. The van der Waals surface area contributed by atoms with Crippen LogP contribution in [-0.2, 0) is 15.3 Å². The molecule has 0 bridgehead atoms. The van der Waals surface area contributed by atoms with Crippen molar-refractivity contribution in [2.45, 2.75) is 29.3 Å². The van der Waals surface area contributed by atoms with Crippen molar-refractivity contribution < 1.29 is 18.7 Å². The summed E-state index contributed by atoms with van der Waals surface area (Å²) in [5.41, 5.74) is -0.487. The van der Waals surface area contributed by atoms with Gasteiger partial charge in [-0.25, -0.2) is 0 Å². The van der Waals surface area contributed by atoms with Crippen LogP contribution < -0.4 is 15.5 Å². The first-order valence-corrected chi connectivity index (χ1v) is 8.80. The Bertz CT molecular complexity index is 805. The summed E-state index contributed by atoms with van der Waals surface area (Å²) >= 11 is 8.06. The van der Waals surface area contributed by atoms with Crippen LogP contribution in [0, 0.1) is 0 Å². The summed E-state index contributed by atoms with van der Waals surface area (Å²) < 4.78 is 10.7.